The van der Waals surface area contributed by atoms with Crippen molar-refractivity contribution in [3.8, 4) is 0 Å². The lowest BCUT2D eigenvalue weighted by Crippen LogP contribution is -2.49. The number of benzene rings is 1. The van der Waals surface area contributed by atoms with Crippen LogP contribution in [0.4, 0.5) is 5.69 Å². The van der Waals surface area contributed by atoms with E-state index in [4.69, 9.17) is 5.73 Å². The Balaban J connectivity index is 1.84. The van der Waals surface area contributed by atoms with E-state index >= 15 is 0 Å². The van der Waals surface area contributed by atoms with Gasteiger partial charge < -0.3 is 10.6 Å². The van der Waals surface area contributed by atoms with Crippen molar-refractivity contribution in [1.82, 2.24) is 4.90 Å². The molecule has 20 heavy (non-hydrogen) atoms. The van der Waals surface area contributed by atoms with Gasteiger partial charge in [-0.3, -0.25) is 4.79 Å². The van der Waals surface area contributed by atoms with Crippen molar-refractivity contribution < 1.29 is 4.79 Å². The highest BCUT2D eigenvalue weighted by molar-refractivity contribution is 9.10. The van der Waals surface area contributed by atoms with Gasteiger partial charge in [0.05, 0.1) is 0 Å². The van der Waals surface area contributed by atoms with Gasteiger partial charge in [-0.2, -0.15) is 0 Å². The number of hydrogen-bond acceptors (Lipinski definition) is 2. The van der Waals surface area contributed by atoms with Crippen LogP contribution in [0.3, 0.4) is 0 Å². The Morgan fingerprint density at radius 3 is 2.70 bits per heavy atom. The summed E-state index contributed by atoms with van der Waals surface area (Å²) in [6.45, 7) is 0.895. The fourth-order valence-corrected chi connectivity index (χ4v) is 4.29. The molecule has 2 aliphatic rings. The summed E-state index contributed by atoms with van der Waals surface area (Å²) in [6, 6.07) is 5.95. The number of carbonyl (C=O) groups is 1. The maximum atomic E-state index is 12.8. The first kappa shape index (κ1) is 13.9. The standard InChI is InChI=1S/C16H21BrN2O/c17-13-8-12(9-14(18)10-13)16(20)19-7-3-5-11-4-1-2-6-15(11)19/h8-11,15H,1-7,18H2. The highest BCUT2D eigenvalue weighted by Crippen LogP contribution is 2.36. The second-order valence-corrected chi connectivity index (χ2v) is 6.94. The first-order chi connectivity index (χ1) is 9.65. The predicted octanol–water partition coefficient (Wildman–Crippen LogP) is 3.83. The van der Waals surface area contributed by atoms with Crippen molar-refractivity contribution in [2.75, 3.05) is 12.3 Å². The van der Waals surface area contributed by atoms with Gasteiger partial charge in [0, 0.05) is 28.3 Å². The van der Waals surface area contributed by atoms with Crippen LogP contribution in [0.15, 0.2) is 22.7 Å². The highest BCUT2D eigenvalue weighted by Gasteiger charge is 2.35. The number of nitrogen functional groups attached to an aromatic ring is 1. The molecule has 2 N–H and O–H groups in total. The fraction of sp³-hybridized carbons (Fsp3) is 0.562. The Bertz CT molecular complexity index is 495. The molecule has 2 fully saturated rings. The molecule has 108 valence electrons. The normalized spacial score (nSPS) is 26.1. The predicted molar refractivity (Wildman–Crippen MR) is 84.6 cm³/mol. The molecular weight excluding hydrogens is 316 g/mol. The maximum absolute atomic E-state index is 12.8. The molecule has 0 bridgehead atoms. The van der Waals surface area contributed by atoms with Gasteiger partial charge in [0.15, 0.2) is 0 Å². The zero-order valence-electron chi connectivity index (χ0n) is 11.6. The average Bonchev–Trinajstić information content (AvgIpc) is 2.45. The van der Waals surface area contributed by atoms with E-state index in [0.29, 0.717) is 23.2 Å². The summed E-state index contributed by atoms with van der Waals surface area (Å²) in [5, 5.41) is 0. The minimum atomic E-state index is 0.148. The monoisotopic (exact) mass is 336 g/mol. The van der Waals surface area contributed by atoms with Gasteiger partial charge in [-0.05, 0) is 49.8 Å². The molecule has 4 heteroatoms. The molecule has 1 aliphatic carbocycles. The van der Waals surface area contributed by atoms with Gasteiger partial charge in [0.1, 0.15) is 0 Å². The number of fused-ring (bicyclic) bond motifs is 1. The third-order valence-corrected chi connectivity index (χ3v) is 5.13. The van der Waals surface area contributed by atoms with Crippen molar-refractivity contribution in [3.05, 3.63) is 28.2 Å². The lowest BCUT2D eigenvalue weighted by atomic mass is 9.78. The Labute approximate surface area is 128 Å². The summed E-state index contributed by atoms with van der Waals surface area (Å²) < 4.78 is 0.873. The lowest BCUT2D eigenvalue weighted by Gasteiger charge is -2.44. The smallest absolute Gasteiger partial charge is 0.254 e. The first-order valence-electron chi connectivity index (χ1n) is 7.52. The molecule has 0 spiro atoms. The summed E-state index contributed by atoms with van der Waals surface area (Å²) in [6.07, 6.45) is 7.46. The van der Waals surface area contributed by atoms with Crippen molar-refractivity contribution >= 4 is 27.5 Å². The van der Waals surface area contributed by atoms with Gasteiger partial charge in [0.2, 0.25) is 0 Å². The maximum Gasteiger partial charge on any atom is 0.254 e. The highest BCUT2D eigenvalue weighted by atomic mass is 79.9. The van der Waals surface area contributed by atoms with Crippen LogP contribution in [0.5, 0.6) is 0 Å². The van der Waals surface area contributed by atoms with E-state index in [9.17, 15) is 4.79 Å². The molecule has 2 atom stereocenters. The van der Waals surface area contributed by atoms with Crippen LogP contribution in [0, 0.1) is 5.92 Å². The Kier molecular flexibility index (Phi) is 4.01. The SMILES string of the molecule is Nc1cc(Br)cc(C(=O)N2CCCC3CCCCC32)c1. The number of anilines is 1. The molecule has 0 radical (unpaired) electrons. The molecule has 1 heterocycles. The first-order valence-corrected chi connectivity index (χ1v) is 8.31. The van der Waals surface area contributed by atoms with Crippen LogP contribution in [0.25, 0.3) is 0 Å². The molecule has 1 aromatic carbocycles. The quantitative estimate of drug-likeness (QED) is 0.792. The molecule has 3 rings (SSSR count). The Morgan fingerprint density at radius 1 is 1.15 bits per heavy atom. The van der Waals surface area contributed by atoms with E-state index in [-0.39, 0.29) is 5.91 Å². The van der Waals surface area contributed by atoms with Crippen LogP contribution in [0.2, 0.25) is 0 Å². The third-order valence-electron chi connectivity index (χ3n) is 4.67. The van der Waals surface area contributed by atoms with Gasteiger partial charge in [-0.25, -0.2) is 0 Å². The average molecular weight is 337 g/mol. The molecule has 1 aliphatic heterocycles. The van der Waals surface area contributed by atoms with E-state index in [1.54, 1.807) is 6.07 Å². The summed E-state index contributed by atoms with van der Waals surface area (Å²) in [4.78, 5) is 14.9. The van der Waals surface area contributed by atoms with E-state index in [0.717, 1.165) is 17.4 Å². The Hall–Kier alpha value is -1.03. The topological polar surface area (TPSA) is 46.3 Å². The second-order valence-electron chi connectivity index (χ2n) is 6.03. The third kappa shape index (κ3) is 2.71. The largest absolute Gasteiger partial charge is 0.399 e. The number of piperidine rings is 1. The van der Waals surface area contributed by atoms with Gasteiger partial charge in [-0.1, -0.05) is 28.8 Å². The fourth-order valence-electron chi connectivity index (χ4n) is 3.78. The van der Waals surface area contributed by atoms with E-state index in [1.807, 2.05) is 12.1 Å². The van der Waals surface area contributed by atoms with E-state index in [1.165, 1.54) is 32.1 Å². The molecule has 1 saturated carbocycles. The molecule has 1 saturated heterocycles. The molecule has 1 amide bonds. The lowest BCUT2D eigenvalue weighted by molar-refractivity contribution is 0.0390. The number of nitrogens with zero attached hydrogens (tertiary/aromatic N) is 1. The number of amides is 1. The summed E-state index contributed by atoms with van der Waals surface area (Å²) >= 11 is 3.42. The molecule has 0 aromatic heterocycles. The minimum Gasteiger partial charge on any atom is -0.399 e. The number of likely N-dealkylation sites (tertiary alicyclic amines) is 1. The van der Waals surface area contributed by atoms with Crippen LogP contribution in [-0.2, 0) is 0 Å². The number of nitrogens with two attached hydrogens (primary N) is 1. The number of carbonyl (C=O) groups excluding carboxylic acids is 1. The Morgan fingerprint density at radius 2 is 1.90 bits per heavy atom. The van der Waals surface area contributed by atoms with Gasteiger partial charge in [-0.15, -0.1) is 0 Å². The summed E-state index contributed by atoms with van der Waals surface area (Å²) in [5.74, 6) is 0.862. The molecule has 1 aromatic rings. The van der Waals surface area contributed by atoms with Crippen LogP contribution in [0.1, 0.15) is 48.9 Å². The number of hydrogen-bond donors (Lipinski definition) is 1. The number of halogens is 1. The summed E-state index contributed by atoms with van der Waals surface area (Å²) in [5.41, 5.74) is 7.21. The van der Waals surface area contributed by atoms with Crippen LogP contribution >= 0.6 is 15.9 Å². The molecule has 3 nitrogen and oxygen atoms in total. The van der Waals surface area contributed by atoms with Crippen LogP contribution in [-0.4, -0.2) is 23.4 Å². The van der Waals surface area contributed by atoms with Gasteiger partial charge in [0.25, 0.3) is 5.91 Å². The van der Waals surface area contributed by atoms with Crippen molar-refractivity contribution in [3.63, 3.8) is 0 Å². The zero-order valence-corrected chi connectivity index (χ0v) is 13.2. The molecular formula is C16H21BrN2O. The van der Waals surface area contributed by atoms with Crippen molar-refractivity contribution in [1.29, 1.82) is 0 Å². The van der Waals surface area contributed by atoms with Crippen molar-refractivity contribution in [2.24, 2.45) is 5.92 Å². The number of rotatable bonds is 1. The van der Waals surface area contributed by atoms with Crippen molar-refractivity contribution in [2.45, 2.75) is 44.6 Å². The molecule has 2 unspecified atom stereocenters. The van der Waals surface area contributed by atoms with Crippen LogP contribution < -0.4 is 5.73 Å². The second kappa shape index (κ2) is 5.76. The zero-order chi connectivity index (χ0) is 14.1. The minimum absolute atomic E-state index is 0.148. The summed E-state index contributed by atoms with van der Waals surface area (Å²) in [7, 11) is 0. The van der Waals surface area contributed by atoms with E-state index in [2.05, 4.69) is 20.8 Å². The van der Waals surface area contributed by atoms with E-state index < -0.39 is 0 Å². The van der Waals surface area contributed by atoms with Gasteiger partial charge >= 0.3 is 0 Å².